The standard InChI is InChI=1S/C21H17N3O4/c1-2-24-20-16(12-22-24)15(11-17(23-20)14-7-4-3-5-8-14)21(26)28-13-18(25)19-9-6-10-27-19/h3-12H,2,13H2,1H3. The van der Waals surface area contributed by atoms with Gasteiger partial charge in [0, 0.05) is 12.1 Å². The lowest BCUT2D eigenvalue weighted by Crippen LogP contribution is -2.14. The molecule has 140 valence electrons. The lowest BCUT2D eigenvalue weighted by Gasteiger charge is -2.08. The molecule has 0 radical (unpaired) electrons. The number of pyridine rings is 1. The van der Waals surface area contributed by atoms with E-state index in [9.17, 15) is 9.59 Å². The molecule has 0 aliphatic heterocycles. The minimum absolute atomic E-state index is 0.149. The second kappa shape index (κ2) is 7.48. The van der Waals surface area contributed by atoms with Crippen LogP contribution in [0.5, 0.6) is 0 Å². The summed E-state index contributed by atoms with van der Waals surface area (Å²) in [5, 5.41) is 4.87. The van der Waals surface area contributed by atoms with E-state index in [1.54, 1.807) is 23.0 Å². The third-order valence-corrected chi connectivity index (χ3v) is 4.33. The van der Waals surface area contributed by atoms with Crippen LogP contribution in [-0.2, 0) is 11.3 Å². The maximum Gasteiger partial charge on any atom is 0.339 e. The van der Waals surface area contributed by atoms with Crippen molar-refractivity contribution in [1.29, 1.82) is 0 Å². The summed E-state index contributed by atoms with van der Waals surface area (Å²) in [6, 6.07) is 14.3. The van der Waals surface area contributed by atoms with Gasteiger partial charge >= 0.3 is 5.97 Å². The fourth-order valence-electron chi connectivity index (χ4n) is 2.92. The van der Waals surface area contributed by atoms with Crippen LogP contribution in [0.15, 0.2) is 65.4 Å². The number of ketones is 1. The third kappa shape index (κ3) is 3.29. The number of carbonyl (C=O) groups excluding carboxylic acids is 2. The maximum absolute atomic E-state index is 12.7. The Morgan fingerprint density at radius 1 is 1.14 bits per heavy atom. The Morgan fingerprint density at radius 3 is 2.68 bits per heavy atom. The second-order valence-corrected chi connectivity index (χ2v) is 6.10. The molecule has 0 aliphatic carbocycles. The molecule has 0 bridgehead atoms. The number of hydrogen-bond acceptors (Lipinski definition) is 6. The average molecular weight is 375 g/mol. The summed E-state index contributed by atoms with van der Waals surface area (Å²) >= 11 is 0. The molecule has 0 saturated carbocycles. The first-order valence-corrected chi connectivity index (χ1v) is 8.83. The quantitative estimate of drug-likeness (QED) is 0.377. The molecule has 0 aliphatic rings. The van der Waals surface area contributed by atoms with Gasteiger partial charge in [-0.25, -0.2) is 14.5 Å². The van der Waals surface area contributed by atoms with Gasteiger partial charge in [-0.2, -0.15) is 5.10 Å². The summed E-state index contributed by atoms with van der Waals surface area (Å²) < 4.78 is 12.0. The Hall–Kier alpha value is -3.74. The zero-order valence-electron chi connectivity index (χ0n) is 15.2. The maximum atomic E-state index is 12.7. The molecular formula is C21H17N3O4. The van der Waals surface area contributed by atoms with Gasteiger partial charge in [0.1, 0.15) is 0 Å². The number of aromatic nitrogens is 3. The molecule has 0 saturated heterocycles. The number of aryl methyl sites for hydroxylation is 1. The van der Waals surface area contributed by atoms with Crippen molar-refractivity contribution >= 4 is 22.8 Å². The summed E-state index contributed by atoms with van der Waals surface area (Å²) in [6.45, 7) is 2.16. The lowest BCUT2D eigenvalue weighted by molar-refractivity contribution is 0.0469. The smallest absolute Gasteiger partial charge is 0.339 e. The van der Waals surface area contributed by atoms with Crippen molar-refractivity contribution in [3.63, 3.8) is 0 Å². The van der Waals surface area contributed by atoms with Gasteiger partial charge in [-0.05, 0) is 25.1 Å². The van der Waals surface area contributed by atoms with Crippen molar-refractivity contribution in [2.75, 3.05) is 6.61 Å². The lowest BCUT2D eigenvalue weighted by atomic mass is 10.1. The predicted molar refractivity (Wildman–Crippen MR) is 102 cm³/mol. The predicted octanol–water partition coefficient (Wildman–Crippen LogP) is 3.75. The van der Waals surface area contributed by atoms with Crippen molar-refractivity contribution < 1.29 is 18.7 Å². The van der Waals surface area contributed by atoms with E-state index < -0.39 is 18.4 Å². The van der Waals surface area contributed by atoms with E-state index in [4.69, 9.17) is 9.15 Å². The van der Waals surface area contributed by atoms with Gasteiger partial charge < -0.3 is 9.15 Å². The number of Topliss-reactive ketones (excluding diaryl/α,β-unsaturated/α-hetero) is 1. The molecule has 3 heterocycles. The number of furan rings is 1. The van der Waals surface area contributed by atoms with E-state index in [0.29, 0.717) is 28.8 Å². The number of rotatable bonds is 6. The molecule has 0 fully saturated rings. The van der Waals surface area contributed by atoms with E-state index in [1.165, 1.54) is 12.3 Å². The van der Waals surface area contributed by atoms with Crippen molar-refractivity contribution in [3.8, 4) is 11.3 Å². The van der Waals surface area contributed by atoms with Crippen LogP contribution >= 0.6 is 0 Å². The van der Waals surface area contributed by atoms with Gasteiger partial charge in [-0.3, -0.25) is 4.79 Å². The van der Waals surface area contributed by atoms with Crippen LogP contribution in [0.25, 0.3) is 22.3 Å². The van der Waals surface area contributed by atoms with Crippen LogP contribution < -0.4 is 0 Å². The highest BCUT2D eigenvalue weighted by Crippen LogP contribution is 2.25. The second-order valence-electron chi connectivity index (χ2n) is 6.10. The molecule has 3 aromatic heterocycles. The molecule has 0 N–H and O–H groups in total. The van der Waals surface area contributed by atoms with Crippen LogP contribution in [0.2, 0.25) is 0 Å². The molecule has 4 aromatic rings. The molecule has 0 amide bonds. The topological polar surface area (TPSA) is 87.2 Å². The highest BCUT2D eigenvalue weighted by atomic mass is 16.5. The molecule has 7 heteroatoms. The van der Waals surface area contributed by atoms with Gasteiger partial charge in [-0.1, -0.05) is 30.3 Å². The monoisotopic (exact) mass is 375 g/mol. The number of benzene rings is 1. The number of carbonyl (C=O) groups is 2. The van der Waals surface area contributed by atoms with E-state index in [0.717, 1.165) is 5.56 Å². The fraction of sp³-hybridized carbons (Fsp3) is 0.143. The third-order valence-electron chi connectivity index (χ3n) is 4.33. The van der Waals surface area contributed by atoms with Crippen LogP contribution in [-0.4, -0.2) is 33.1 Å². The first-order valence-electron chi connectivity index (χ1n) is 8.83. The molecule has 7 nitrogen and oxygen atoms in total. The zero-order valence-corrected chi connectivity index (χ0v) is 15.2. The van der Waals surface area contributed by atoms with Crippen molar-refractivity contribution in [1.82, 2.24) is 14.8 Å². The highest BCUT2D eigenvalue weighted by Gasteiger charge is 2.20. The molecule has 0 unspecified atom stereocenters. The summed E-state index contributed by atoms with van der Waals surface area (Å²) in [6.07, 6.45) is 2.98. The normalized spacial score (nSPS) is 10.9. The Bertz CT molecular complexity index is 1130. The van der Waals surface area contributed by atoms with Crippen LogP contribution in [0.4, 0.5) is 0 Å². The summed E-state index contributed by atoms with van der Waals surface area (Å²) in [5.74, 6) is -0.868. The van der Waals surface area contributed by atoms with Crippen LogP contribution in [0, 0.1) is 0 Å². The molecule has 0 spiro atoms. The van der Waals surface area contributed by atoms with Crippen molar-refractivity contribution in [2.45, 2.75) is 13.5 Å². The largest absolute Gasteiger partial charge is 0.461 e. The number of hydrogen-bond donors (Lipinski definition) is 0. The highest BCUT2D eigenvalue weighted by molar-refractivity contribution is 6.05. The Kier molecular flexibility index (Phi) is 4.72. The van der Waals surface area contributed by atoms with Gasteiger partial charge in [0.05, 0.1) is 29.1 Å². The van der Waals surface area contributed by atoms with Gasteiger partial charge in [0.15, 0.2) is 18.0 Å². The Labute approximate surface area is 160 Å². The van der Waals surface area contributed by atoms with Crippen LogP contribution in [0.1, 0.15) is 27.8 Å². The van der Waals surface area contributed by atoms with Gasteiger partial charge in [0.2, 0.25) is 5.78 Å². The first-order chi connectivity index (χ1) is 13.7. The number of ether oxygens (including phenoxy) is 1. The summed E-state index contributed by atoms with van der Waals surface area (Å²) in [5.41, 5.74) is 2.41. The van der Waals surface area contributed by atoms with E-state index >= 15 is 0 Å². The molecule has 4 rings (SSSR count). The average Bonchev–Trinajstić information content (AvgIpc) is 3.41. The number of fused-ring (bicyclic) bond motifs is 1. The van der Waals surface area contributed by atoms with Crippen molar-refractivity contribution in [3.05, 3.63) is 72.3 Å². The SMILES string of the molecule is CCn1ncc2c(C(=O)OCC(=O)c3ccco3)cc(-c3ccccc3)nc21. The minimum atomic E-state index is -0.611. The number of esters is 1. The molecule has 28 heavy (non-hydrogen) atoms. The summed E-state index contributed by atoms with van der Waals surface area (Å²) in [4.78, 5) is 29.5. The van der Waals surface area contributed by atoms with E-state index in [2.05, 4.69) is 10.1 Å². The summed E-state index contributed by atoms with van der Waals surface area (Å²) in [7, 11) is 0. The van der Waals surface area contributed by atoms with E-state index in [-0.39, 0.29) is 5.76 Å². The Balaban J connectivity index is 1.69. The number of nitrogens with zero attached hydrogens (tertiary/aromatic N) is 3. The molecule has 1 aromatic carbocycles. The first kappa shape index (κ1) is 17.7. The van der Waals surface area contributed by atoms with Gasteiger partial charge in [0.25, 0.3) is 0 Å². The van der Waals surface area contributed by atoms with Crippen molar-refractivity contribution in [2.24, 2.45) is 0 Å². The minimum Gasteiger partial charge on any atom is -0.461 e. The van der Waals surface area contributed by atoms with E-state index in [1.807, 2.05) is 37.3 Å². The zero-order chi connectivity index (χ0) is 19.5. The van der Waals surface area contributed by atoms with Gasteiger partial charge in [-0.15, -0.1) is 0 Å². The van der Waals surface area contributed by atoms with Crippen LogP contribution in [0.3, 0.4) is 0 Å². The fourth-order valence-corrected chi connectivity index (χ4v) is 2.92. The Morgan fingerprint density at radius 2 is 1.96 bits per heavy atom. The molecular weight excluding hydrogens is 358 g/mol. The molecule has 0 atom stereocenters.